The maximum absolute atomic E-state index is 13.6. The minimum absolute atomic E-state index is 0.0524. The van der Waals surface area contributed by atoms with E-state index in [4.69, 9.17) is 11.6 Å². The van der Waals surface area contributed by atoms with Crippen LogP contribution in [-0.4, -0.2) is 35.1 Å². The molecule has 0 bridgehead atoms. The molecule has 190 valence electrons. The summed E-state index contributed by atoms with van der Waals surface area (Å²) >= 11 is 11.0. The van der Waals surface area contributed by atoms with Gasteiger partial charge in [0.2, 0.25) is 11.8 Å². The molecule has 1 atom stereocenters. The normalized spacial score (nSPS) is 11.6. The molecule has 0 saturated heterocycles. The van der Waals surface area contributed by atoms with Crippen molar-refractivity contribution in [3.63, 3.8) is 0 Å². The molecule has 4 nitrogen and oxygen atoms in total. The summed E-state index contributed by atoms with van der Waals surface area (Å²) in [6, 6.07) is 24.8. The highest BCUT2D eigenvalue weighted by Crippen LogP contribution is 2.20. The molecule has 0 fully saturated rings. The van der Waals surface area contributed by atoms with Gasteiger partial charge in [0.15, 0.2) is 0 Å². The maximum Gasteiger partial charge on any atom is 0.243 e. The van der Waals surface area contributed by atoms with Gasteiger partial charge in [-0.2, -0.15) is 0 Å². The van der Waals surface area contributed by atoms with Crippen LogP contribution in [0.4, 0.5) is 0 Å². The van der Waals surface area contributed by atoms with Gasteiger partial charge < -0.3 is 10.2 Å². The Morgan fingerprint density at radius 2 is 1.61 bits per heavy atom. The first kappa shape index (κ1) is 28.3. The highest BCUT2D eigenvalue weighted by atomic mass is 79.9. The molecular weight excluding hydrogens is 556 g/mol. The Morgan fingerprint density at radius 1 is 0.944 bits per heavy atom. The quantitative estimate of drug-likeness (QED) is 0.222. The van der Waals surface area contributed by atoms with E-state index in [1.807, 2.05) is 78.9 Å². The van der Waals surface area contributed by atoms with E-state index >= 15 is 0 Å². The topological polar surface area (TPSA) is 49.4 Å². The van der Waals surface area contributed by atoms with Crippen LogP contribution in [0.5, 0.6) is 0 Å². The van der Waals surface area contributed by atoms with Crippen LogP contribution in [0.2, 0.25) is 5.02 Å². The fourth-order valence-corrected chi connectivity index (χ4v) is 5.03. The summed E-state index contributed by atoms with van der Waals surface area (Å²) in [7, 11) is 0. The number of halogens is 2. The van der Waals surface area contributed by atoms with E-state index < -0.39 is 6.04 Å². The highest BCUT2D eigenvalue weighted by molar-refractivity contribution is 9.10. The summed E-state index contributed by atoms with van der Waals surface area (Å²) < 4.78 is 0.973. The summed E-state index contributed by atoms with van der Waals surface area (Å²) in [6.07, 6.45) is 2.36. The first-order valence-corrected chi connectivity index (χ1v) is 14.5. The highest BCUT2D eigenvalue weighted by Gasteiger charge is 2.30. The van der Waals surface area contributed by atoms with Crippen LogP contribution in [-0.2, 0) is 28.3 Å². The Kier molecular flexibility index (Phi) is 11.9. The fourth-order valence-electron chi connectivity index (χ4n) is 3.77. The van der Waals surface area contributed by atoms with Crippen molar-refractivity contribution < 1.29 is 9.59 Å². The number of rotatable bonds is 13. The molecule has 0 aliphatic heterocycles. The van der Waals surface area contributed by atoms with Crippen molar-refractivity contribution >= 4 is 51.1 Å². The minimum atomic E-state index is -0.600. The standard InChI is InChI=1S/C29H32BrClN2O2S/c1-2-3-17-32-29(35)27(18-22-7-5-4-6-8-22)33(19-23-9-13-25(30)14-10-23)28(34)21-36-20-24-11-15-26(31)16-12-24/h4-16,27H,2-3,17-21H2,1H3,(H,32,35). The zero-order valence-corrected chi connectivity index (χ0v) is 23.6. The van der Waals surface area contributed by atoms with E-state index in [0.717, 1.165) is 34.0 Å². The van der Waals surface area contributed by atoms with Crippen LogP contribution in [0.1, 0.15) is 36.5 Å². The molecule has 0 spiro atoms. The molecule has 1 N–H and O–H groups in total. The third-order valence-electron chi connectivity index (χ3n) is 5.77. The molecule has 36 heavy (non-hydrogen) atoms. The summed E-state index contributed by atoms with van der Waals surface area (Å²) in [4.78, 5) is 28.8. The smallest absolute Gasteiger partial charge is 0.243 e. The molecule has 7 heteroatoms. The number of amides is 2. The van der Waals surface area contributed by atoms with Gasteiger partial charge in [-0.05, 0) is 47.4 Å². The van der Waals surface area contributed by atoms with Gasteiger partial charge in [0.05, 0.1) is 5.75 Å². The SMILES string of the molecule is CCCCNC(=O)C(Cc1ccccc1)N(Cc1ccc(Br)cc1)C(=O)CSCc1ccc(Cl)cc1. The van der Waals surface area contributed by atoms with Crippen molar-refractivity contribution in [2.24, 2.45) is 0 Å². The zero-order chi connectivity index (χ0) is 25.8. The number of hydrogen-bond acceptors (Lipinski definition) is 3. The molecule has 2 amide bonds. The molecule has 0 aromatic heterocycles. The number of thioether (sulfide) groups is 1. The van der Waals surface area contributed by atoms with E-state index in [2.05, 4.69) is 28.2 Å². The van der Waals surface area contributed by atoms with Crippen molar-refractivity contribution in [1.82, 2.24) is 10.2 Å². The predicted molar refractivity (Wildman–Crippen MR) is 154 cm³/mol. The lowest BCUT2D eigenvalue weighted by Gasteiger charge is -2.31. The molecule has 1 unspecified atom stereocenters. The van der Waals surface area contributed by atoms with Gasteiger partial charge in [0.25, 0.3) is 0 Å². The number of hydrogen-bond donors (Lipinski definition) is 1. The zero-order valence-electron chi connectivity index (χ0n) is 20.5. The lowest BCUT2D eigenvalue weighted by molar-refractivity contribution is -0.139. The van der Waals surface area contributed by atoms with Gasteiger partial charge in [0.1, 0.15) is 6.04 Å². The number of carbonyl (C=O) groups is 2. The van der Waals surface area contributed by atoms with Gasteiger partial charge in [-0.3, -0.25) is 9.59 Å². The van der Waals surface area contributed by atoms with E-state index in [1.54, 1.807) is 16.7 Å². The lowest BCUT2D eigenvalue weighted by Crippen LogP contribution is -2.51. The Bertz CT molecular complexity index is 1090. The van der Waals surface area contributed by atoms with Crippen LogP contribution in [0.15, 0.2) is 83.3 Å². The first-order valence-electron chi connectivity index (χ1n) is 12.1. The second-order valence-electron chi connectivity index (χ2n) is 8.62. The largest absolute Gasteiger partial charge is 0.354 e. The molecule has 0 radical (unpaired) electrons. The lowest BCUT2D eigenvalue weighted by atomic mass is 10.0. The predicted octanol–water partition coefficient (Wildman–Crippen LogP) is 6.89. The van der Waals surface area contributed by atoms with Gasteiger partial charge in [-0.1, -0.05) is 95.5 Å². The summed E-state index contributed by atoms with van der Waals surface area (Å²) in [5, 5.41) is 3.75. The third kappa shape index (κ3) is 9.30. The minimum Gasteiger partial charge on any atom is -0.354 e. The molecule has 3 aromatic rings. The molecule has 0 aliphatic rings. The van der Waals surface area contributed by atoms with Gasteiger partial charge >= 0.3 is 0 Å². The molecule has 0 heterocycles. The Balaban J connectivity index is 1.81. The number of nitrogens with zero attached hydrogens (tertiary/aromatic N) is 1. The monoisotopic (exact) mass is 586 g/mol. The number of nitrogens with one attached hydrogen (secondary N) is 1. The van der Waals surface area contributed by atoms with Gasteiger partial charge in [-0.15, -0.1) is 11.8 Å². The first-order chi connectivity index (χ1) is 17.5. The number of carbonyl (C=O) groups excluding carboxylic acids is 2. The van der Waals surface area contributed by atoms with Crippen LogP contribution in [0, 0.1) is 0 Å². The average molecular weight is 588 g/mol. The maximum atomic E-state index is 13.6. The second-order valence-corrected chi connectivity index (χ2v) is 11.0. The summed E-state index contributed by atoms with van der Waals surface area (Å²) in [5.74, 6) is 0.817. The van der Waals surface area contributed by atoms with E-state index in [1.165, 1.54) is 0 Å². The fraction of sp³-hybridized carbons (Fsp3) is 0.310. The molecular formula is C29H32BrClN2O2S. The van der Waals surface area contributed by atoms with Gasteiger partial charge in [-0.25, -0.2) is 0 Å². The Hall–Kier alpha value is -2.28. The van der Waals surface area contributed by atoms with Crippen LogP contribution < -0.4 is 5.32 Å². The van der Waals surface area contributed by atoms with Crippen molar-refractivity contribution in [2.75, 3.05) is 12.3 Å². The van der Waals surface area contributed by atoms with Crippen molar-refractivity contribution in [1.29, 1.82) is 0 Å². The van der Waals surface area contributed by atoms with Crippen LogP contribution >= 0.6 is 39.3 Å². The second kappa shape index (κ2) is 15.1. The van der Waals surface area contributed by atoms with E-state index in [-0.39, 0.29) is 17.6 Å². The molecule has 0 saturated carbocycles. The van der Waals surface area contributed by atoms with Crippen LogP contribution in [0.25, 0.3) is 0 Å². The molecule has 3 aromatic carbocycles. The molecule has 3 rings (SSSR count). The van der Waals surface area contributed by atoms with E-state index in [9.17, 15) is 9.59 Å². The van der Waals surface area contributed by atoms with Crippen molar-refractivity contribution in [3.8, 4) is 0 Å². The number of unbranched alkanes of at least 4 members (excludes halogenated alkanes) is 1. The summed E-state index contributed by atoms with van der Waals surface area (Å²) in [6.45, 7) is 3.06. The number of benzene rings is 3. The van der Waals surface area contributed by atoms with Crippen molar-refractivity contribution in [3.05, 3.63) is 105 Å². The summed E-state index contributed by atoms with van der Waals surface area (Å²) in [5.41, 5.74) is 3.11. The van der Waals surface area contributed by atoms with Crippen molar-refractivity contribution in [2.45, 2.75) is 44.5 Å². The van der Waals surface area contributed by atoms with Crippen LogP contribution in [0.3, 0.4) is 0 Å². The Labute approximate surface area is 231 Å². The van der Waals surface area contributed by atoms with E-state index in [0.29, 0.717) is 30.3 Å². The average Bonchev–Trinajstić information content (AvgIpc) is 2.89. The molecule has 0 aliphatic carbocycles. The van der Waals surface area contributed by atoms with Gasteiger partial charge in [0, 0.05) is 34.8 Å². The Morgan fingerprint density at radius 3 is 2.28 bits per heavy atom. The third-order valence-corrected chi connectivity index (χ3v) is 7.54.